The number of sulfonamides is 2. The number of aliphatic hydroxyl groups is 1. The standard InChI is InChI=1S/C23H33N7O7S.C23H32N6O5S/c1-4-7-18(24)20-21(25-3)23(31)28-22(27-20)17-12-16(8-9-19(17)36-5-2)38(34,35)29-13-15(14-29)26-10-6-11-37-30(32)33;1-4-7-18-20-21(28(3)27-18)23(31)26-22(25-20)17-12-16(8-9-19(17)34-5-2)35(32,33)29-13-15(14-29)24-10-6-11-30/h8-9,12,15,24-26H,4-7,10-11,13-14H2,1-3H3,(H,27,28,31);8-9,12,15,24,30H,4-7,10-11,13-14H2,1-3H3,(H,25,26,31). The Kier molecular flexibility index (Phi) is 19.2. The predicted octanol–water partition coefficient (Wildman–Crippen LogP) is 2.63. The molecule has 0 radical (unpaired) electrons. The van der Waals surface area contributed by atoms with E-state index in [-0.39, 0.29) is 82.5 Å². The molecule has 0 unspecified atom stereocenters. The number of hydrogen-bond donors (Lipinski definition) is 7. The number of aliphatic hydroxyl groups excluding tert-OH is 1. The number of hydrogen-bond acceptors (Lipinski definition) is 19. The maximum atomic E-state index is 13.3. The molecular weight excluding hydrogens is 991 g/mol. The van der Waals surface area contributed by atoms with E-state index in [0.717, 1.165) is 12.1 Å². The average Bonchev–Trinajstić information content (AvgIpc) is 3.64. The number of fused-ring (bicyclic) bond motifs is 1. The van der Waals surface area contributed by atoms with Crippen LogP contribution < -0.4 is 36.5 Å². The Morgan fingerprint density at radius 2 is 1.37 bits per heavy atom. The van der Waals surface area contributed by atoms with Crippen LogP contribution in [0, 0.1) is 15.5 Å². The molecule has 25 nitrogen and oxygen atoms in total. The molecule has 0 bridgehead atoms. The predicted molar refractivity (Wildman–Crippen MR) is 273 cm³/mol. The number of benzene rings is 2. The lowest BCUT2D eigenvalue weighted by molar-refractivity contribution is -0.757. The maximum absolute atomic E-state index is 13.3. The number of aromatic nitrogens is 6. The summed E-state index contributed by atoms with van der Waals surface area (Å²) in [6, 6.07) is 8.98. The van der Waals surface area contributed by atoms with Crippen molar-refractivity contribution in [2.24, 2.45) is 7.05 Å². The minimum absolute atomic E-state index is 0.0133. The molecule has 5 heterocycles. The number of nitrogens with zero attached hydrogens (tertiary/aromatic N) is 7. The van der Waals surface area contributed by atoms with Crippen LogP contribution in [0.5, 0.6) is 11.5 Å². The Hall–Kier alpha value is -6.36. The molecule has 2 aliphatic heterocycles. The fraction of sp³-hybridized carbons (Fsp3) is 0.522. The quantitative estimate of drug-likeness (QED) is 0.0181. The van der Waals surface area contributed by atoms with Crippen molar-refractivity contribution in [2.45, 2.75) is 88.1 Å². The van der Waals surface area contributed by atoms with E-state index in [0.29, 0.717) is 105 Å². The van der Waals surface area contributed by atoms with E-state index in [4.69, 9.17) is 20.0 Å². The van der Waals surface area contributed by atoms with Gasteiger partial charge in [0.1, 0.15) is 40.0 Å². The SMILES string of the molecule is CCCC(=N)c1nc(-c2cc(S(=O)(=O)N3CC(NCCCO[N+](=O)[O-])C3)ccc2OCC)[nH]c(=O)c1NC.CCCc1nn(C)c2c(=O)[nH]c(-c3cc(S(=O)(=O)N4CC(NCCCO)C4)ccc3OCC)nc12. The summed E-state index contributed by atoms with van der Waals surface area (Å²) in [5.74, 6) is 1.12. The molecule has 2 saturated heterocycles. The van der Waals surface area contributed by atoms with Crippen molar-refractivity contribution in [2.75, 3.05) is 78.1 Å². The fourth-order valence-corrected chi connectivity index (χ4v) is 11.3. The fourth-order valence-electron chi connectivity index (χ4n) is 8.20. The highest BCUT2D eigenvalue weighted by molar-refractivity contribution is 7.89. The van der Waals surface area contributed by atoms with E-state index in [9.17, 15) is 36.5 Å². The van der Waals surface area contributed by atoms with Crippen molar-refractivity contribution in [1.29, 1.82) is 5.41 Å². The van der Waals surface area contributed by atoms with Gasteiger partial charge in [-0.25, -0.2) is 26.8 Å². The molecule has 73 heavy (non-hydrogen) atoms. The van der Waals surface area contributed by atoms with Crippen LogP contribution >= 0.6 is 0 Å². The van der Waals surface area contributed by atoms with Gasteiger partial charge in [0.25, 0.3) is 16.2 Å². The lowest BCUT2D eigenvalue weighted by atomic mass is 10.1. The third kappa shape index (κ3) is 13.1. The zero-order chi connectivity index (χ0) is 53.0. The number of nitrogens with one attached hydrogen (secondary N) is 6. The van der Waals surface area contributed by atoms with Crippen molar-refractivity contribution >= 4 is 42.5 Å². The maximum Gasteiger partial charge on any atom is 0.294 e. The van der Waals surface area contributed by atoms with Crippen LogP contribution in [0.3, 0.4) is 0 Å². The summed E-state index contributed by atoms with van der Waals surface area (Å²) >= 11 is 0. The first kappa shape index (κ1) is 55.9. The summed E-state index contributed by atoms with van der Waals surface area (Å²) in [5, 5.41) is 40.2. The lowest BCUT2D eigenvalue weighted by Crippen LogP contribution is -2.59. The molecular formula is C46H65N13O12S2. The van der Waals surface area contributed by atoms with Crippen molar-refractivity contribution < 1.29 is 41.3 Å². The third-order valence-corrected chi connectivity index (χ3v) is 15.6. The number of aromatic amines is 2. The molecule has 2 aliphatic rings. The van der Waals surface area contributed by atoms with Gasteiger partial charge in [-0.2, -0.15) is 13.7 Å². The van der Waals surface area contributed by atoms with Crippen LogP contribution in [0.25, 0.3) is 33.8 Å². The van der Waals surface area contributed by atoms with Crippen LogP contribution in [0.2, 0.25) is 0 Å². The first-order valence-corrected chi connectivity index (χ1v) is 27.0. The van der Waals surface area contributed by atoms with Crippen LogP contribution in [-0.4, -0.2) is 156 Å². The molecule has 2 fully saturated rings. The topological polar surface area (TPSA) is 335 Å². The van der Waals surface area contributed by atoms with Gasteiger partial charge in [-0.3, -0.25) is 14.3 Å². The number of rotatable bonds is 26. The molecule has 7 rings (SSSR count). The number of anilines is 1. The Labute approximate surface area is 422 Å². The Bertz CT molecular complexity index is 3100. The van der Waals surface area contributed by atoms with Crippen LogP contribution in [0.4, 0.5) is 5.69 Å². The molecule has 7 N–H and O–H groups in total. The molecule has 0 spiro atoms. The van der Waals surface area contributed by atoms with E-state index >= 15 is 0 Å². The molecule has 2 aromatic carbocycles. The van der Waals surface area contributed by atoms with E-state index < -0.39 is 30.7 Å². The summed E-state index contributed by atoms with van der Waals surface area (Å²) in [4.78, 5) is 55.0. The Morgan fingerprint density at radius 1 is 0.836 bits per heavy atom. The van der Waals surface area contributed by atoms with Gasteiger partial charge in [0.05, 0.1) is 52.1 Å². The lowest BCUT2D eigenvalue weighted by Gasteiger charge is -2.38. The minimum atomic E-state index is -3.85. The molecule has 0 saturated carbocycles. The van der Waals surface area contributed by atoms with Crippen LogP contribution in [0.15, 0.2) is 55.8 Å². The molecule has 0 atom stereocenters. The molecule has 3 aromatic heterocycles. The average molecular weight is 1060 g/mol. The van der Waals surface area contributed by atoms with Crippen molar-refractivity contribution in [1.82, 2.24) is 49.0 Å². The smallest absolute Gasteiger partial charge is 0.294 e. The van der Waals surface area contributed by atoms with Gasteiger partial charge < -0.3 is 50.7 Å². The van der Waals surface area contributed by atoms with E-state index in [1.54, 1.807) is 27.1 Å². The second-order valence-electron chi connectivity index (χ2n) is 17.2. The Balaban J connectivity index is 0.000000239. The van der Waals surface area contributed by atoms with Crippen LogP contribution in [-0.2, 0) is 38.4 Å². The number of ether oxygens (including phenoxy) is 2. The molecule has 0 aliphatic carbocycles. The summed E-state index contributed by atoms with van der Waals surface area (Å²) < 4.78 is 68.9. The van der Waals surface area contributed by atoms with Gasteiger partial charge in [0.2, 0.25) is 20.0 Å². The highest BCUT2D eigenvalue weighted by Gasteiger charge is 2.38. The van der Waals surface area contributed by atoms with Gasteiger partial charge in [-0.15, -0.1) is 10.1 Å². The molecule has 0 amide bonds. The zero-order valence-electron chi connectivity index (χ0n) is 41.8. The third-order valence-electron chi connectivity index (χ3n) is 11.9. The molecule has 398 valence electrons. The molecule has 5 aromatic rings. The largest absolute Gasteiger partial charge is 0.493 e. The minimum Gasteiger partial charge on any atom is -0.493 e. The van der Waals surface area contributed by atoms with Gasteiger partial charge in [-0.05, 0) is 89.0 Å². The van der Waals surface area contributed by atoms with E-state index in [2.05, 4.69) is 45.8 Å². The van der Waals surface area contributed by atoms with Gasteiger partial charge in [-0.1, -0.05) is 26.7 Å². The summed E-state index contributed by atoms with van der Waals surface area (Å²) in [6.07, 6.45) is 3.67. The van der Waals surface area contributed by atoms with E-state index in [1.807, 2.05) is 20.8 Å². The second-order valence-corrected chi connectivity index (χ2v) is 21.0. The number of aryl methyl sites for hydroxylation is 2. The summed E-state index contributed by atoms with van der Waals surface area (Å²) in [6.45, 7) is 10.6. The van der Waals surface area contributed by atoms with Crippen molar-refractivity contribution in [3.8, 4) is 34.3 Å². The first-order valence-electron chi connectivity index (χ1n) is 24.2. The summed E-state index contributed by atoms with van der Waals surface area (Å²) in [5.41, 5.74) is 2.01. The first-order chi connectivity index (χ1) is 34.9. The Morgan fingerprint density at radius 3 is 1.86 bits per heavy atom. The molecule has 27 heteroatoms. The van der Waals surface area contributed by atoms with Gasteiger partial charge in [0, 0.05) is 59.0 Å². The van der Waals surface area contributed by atoms with Gasteiger partial charge in [0.15, 0.2) is 5.52 Å². The summed E-state index contributed by atoms with van der Waals surface area (Å²) in [7, 11) is -4.32. The van der Waals surface area contributed by atoms with Crippen molar-refractivity contribution in [3.05, 3.63) is 78.6 Å². The van der Waals surface area contributed by atoms with Crippen molar-refractivity contribution in [3.63, 3.8) is 0 Å². The highest BCUT2D eigenvalue weighted by atomic mass is 32.2. The zero-order valence-corrected chi connectivity index (χ0v) is 43.5. The monoisotopic (exact) mass is 1060 g/mol. The highest BCUT2D eigenvalue weighted by Crippen LogP contribution is 2.35. The van der Waals surface area contributed by atoms with E-state index in [1.165, 1.54) is 43.6 Å². The van der Waals surface area contributed by atoms with Gasteiger partial charge >= 0.3 is 0 Å². The number of H-pyrrole nitrogens is 2. The normalized spacial score (nSPS) is 14.5. The van der Waals surface area contributed by atoms with Crippen LogP contribution in [0.1, 0.15) is 71.2 Å². The second kappa shape index (κ2) is 25.0.